The molecule has 25 heavy (non-hydrogen) atoms. The second-order valence-electron chi connectivity index (χ2n) is 6.94. The smallest absolute Gasteiger partial charge is 0.184 e. The van der Waals surface area contributed by atoms with E-state index in [2.05, 4.69) is 4.90 Å². The molecule has 0 bridgehead atoms. The lowest BCUT2D eigenvalue weighted by atomic mass is 10.00. The van der Waals surface area contributed by atoms with Crippen LogP contribution < -0.4 is 5.73 Å². The normalized spacial score (nSPS) is 31.6. The van der Waals surface area contributed by atoms with Gasteiger partial charge >= 0.3 is 0 Å². The Morgan fingerprint density at radius 1 is 1.16 bits per heavy atom. The Morgan fingerprint density at radius 3 is 2.52 bits per heavy atom. The Labute approximate surface area is 148 Å². The third kappa shape index (κ3) is 4.77. The minimum atomic E-state index is -1.19. The molecule has 2 unspecified atom stereocenters. The maximum Gasteiger partial charge on any atom is 0.184 e. The fraction of sp³-hybridized carbons (Fsp3) is 0.667. The lowest BCUT2D eigenvalue weighted by Gasteiger charge is -2.39. The molecule has 7 nitrogen and oxygen atoms in total. The zero-order valence-corrected chi connectivity index (χ0v) is 14.3. The van der Waals surface area contributed by atoms with E-state index in [1.807, 2.05) is 30.3 Å². The van der Waals surface area contributed by atoms with E-state index in [1.165, 1.54) is 0 Å². The molecule has 2 heterocycles. The fourth-order valence-corrected chi connectivity index (χ4v) is 3.37. The van der Waals surface area contributed by atoms with Crippen molar-refractivity contribution >= 4 is 0 Å². The molecule has 0 radical (unpaired) electrons. The second-order valence-corrected chi connectivity index (χ2v) is 6.94. The number of hydrogen-bond donors (Lipinski definition) is 4. The van der Waals surface area contributed by atoms with Gasteiger partial charge in [0.1, 0.15) is 18.3 Å². The van der Waals surface area contributed by atoms with Gasteiger partial charge in [0.25, 0.3) is 0 Å². The van der Waals surface area contributed by atoms with Crippen LogP contribution in [-0.4, -0.2) is 76.9 Å². The van der Waals surface area contributed by atoms with Crippen LogP contribution in [0.2, 0.25) is 0 Å². The maximum absolute atomic E-state index is 10.5. The molecule has 2 fully saturated rings. The summed E-state index contributed by atoms with van der Waals surface area (Å²) in [6.07, 6.45) is -2.99. The average Bonchev–Trinajstić information content (AvgIpc) is 2.64. The van der Waals surface area contributed by atoms with Gasteiger partial charge in [-0.15, -0.1) is 0 Å². The monoisotopic (exact) mass is 352 g/mol. The third-order valence-electron chi connectivity index (χ3n) is 4.96. The number of nitrogens with zero attached hydrogens (tertiary/aromatic N) is 1. The molecular formula is C18H28N2O5. The van der Waals surface area contributed by atoms with Gasteiger partial charge in [-0.2, -0.15) is 0 Å². The van der Waals surface area contributed by atoms with Gasteiger partial charge in [-0.05, 0) is 25.9 Å². The molecule has 0 aliphatic carbocycles. The first-order valence-electron chi connectivity index (χ1n) is 8.88. The highest BCUT2D eigenvalue weighted by atomic mass is 16.7. The Kier molecular flexibility index (Phi) is 6.40. The van der Waals surface area contributed by atoms with Crippen LogP contribution in [0.4, 0.5) is 0 Å². The Bertz CT molecular complexity index is 523. The maximum atomic E-state index is 10.5. The van der Waals surface area contributed by atoms with Gasteiger partial charge in [0.05, 0.1) is 12.7 Å². The summed E-state index contributed by atoms with van der Waals surface area (Å²) >= 11 is 0. The van der Waals surface area contributed by atoms with Gasteiger partial charge in [0, 0.05) is 18.2 Å². The topological polar surface area (TPSA) is 108 Å². The minimum absolute atomic E-state index is 0.0482. The molecule has 5 N–H and O–H groups in total. The summed E-state index contributed by atoms with van der Waals surface area (Å²) in [5.74, 6) is 0. The number of β-amino-alcohol motifs (C(OH)–C–C–N with tert-alkyl or cyclic N) is 1. The number of rotatable bonds is 5. The van der Waals surface area contributed by atoms with Crippen molar-refractivity contribution in [3.05, 3.63) is 35.9 Å². The van der Waals surface area contributed by atoms with E-state index in [0.29, 0.717) is 6.54 Å². The molecule has 0 aromatic heterocycles. The second kappa shape index (κ2) is 8.55. The summed E-state index contributed by atoms with van der Waals surface area (Å²) < 4.78 is 11.3. The summed E-state index contributed by atoms with van der Waals surface area (Å²) in [6, 6.07) is 9.56. The van der Waals surface area contributed by atoms with Crippen molar-refractivity contribution in [3.63, 3.8) is 0 Å². The quantitative estimate of drug-likeness (QED) is 0.571. The fourth-order valence-electron chi connectivity index (χ4n) is 3.37. The van der Waals surface area contributed by atoms with E-state index in [1.54, 1.807) is 0 Å². The predicted molar refractivity (Wildman–Crippen MR) is 91.7 cm³/mol. The van der Waals surface area contributed by atoms with E-state index < -0.39 is 30.7 Å². The van der Waals surface area contributed by atoms with Gasteiger partial charge in [-0.1, -0.05) is 30.3 Å². The van der Waals surface area contributed by atoms with Gasteiger partial charge in [0.15, 0.2) is 6.29 Å². The lowest BCUT2D eigenvalue weighted by Crippen LogP contribution is -2.54. The number of hydrogen-bond acceptors (Lipinski definition) is 7. The van der Waals surface area contributed by atoms with E-state index in [4.69, 9.17) is 15.2 Å². The minimum Gasteiger partial charge on any atom is -0.389 e. The highest BCUT2D eigenvalue weighted by Gasteiger charge is 2.39. The van der Waals surface area contributed by atoms with Crippen LogP contribution in [-0.2, 0) is 9.47 Å². The van der Waals surface area contributed by atoms with Gasteiger partial charge in [-0.25, -0.2) is 0 Å². The molecule has 2 aliphatic heterocycles. The van der Waals surface area contributed by atoms with Gasteiger partial charge < -0.3 is 35.4 Å². The zero-order valence-electron chi connectivity index (χ0n) is 14.3. The van der Waals surface area contributed by atoms with Crippen molar-refractivity contribution < 1.29 is 24.8 Å². The van der Waals surface area contributed by atoms with Crippen LogP contribution >= 0.6 is 0 Å². The number of aliphatic hydroxyl groups is 3. The molecule has 2 aliphatic rings. The average molecular weight is 352 g/mol. The first-order valence-corrected chi connectivity index (χ1v) is 8.88. The Hall–Kier alpha value is -1.06. The molecule has 3 rings (SSSR count). The molecule has 0 saturated carbocycles. The van der Waals surface area contributed by atoms with E-state index in [-0.39, 0.29) is 12.6 Å². The lowest BCUT2D eigenvalue weighted by molar-refractivity contribution is -0.283. The van der Waals surface area contributed by atoms with Crippen LogP contribution in [0.3, 0.4) is 0 Å². The van der Waals surface area contributed by atoms with Gasteiger partial charge in [-0.3, -0.25) is 0 Å². The summed E-state index contributed by atoms with van der Waals surface area (Å²) in [6.45, 7) is 1.98. The molecule has 2 saturated heterocycles. The summed E-state index contributed by atoms with van der Waals surface area (Å²) in [4.78, 5) is 2.08. The van der Waals surface area contributed by atoms with Crippen LogP contribution in [0.25, 0.3) is 0 Å². The third-order valence-corrected chi connectivity index (χ3v) is 4.96. The number of benzene rings is 1. The van der Waals surface area contributed by atoms with Crippen molar-refractivity contribution in [1.82, 2.24) is 4.90 Å². The summed E-state index contributed by atoms with van der Waals surface area (Å²) in [5, 5.41) is 31.1. The van der Waals surface area contributed by atoms with E-state index >= 15 is 0 Å². The molecule has 0 spiro atoms. The number of ether oxygens (including phenoxy) is 2. The number of likely N-dealkylation sites (tertiary alicyclic amines) is 1. The van der Waals surface area contributed by atoms with Crippen molar-refractivity contribution in [2.75, 3.05) is 26.2 Å². The number of aliphatic hydroxyl groups excluding tert-OH is 3. The number of nitrogens with two attached hydrogens (primary N) is 1. The first kappa shape index (κ1) is 18.7. The van der Waals surface area contributed by atoms with Crippen molar-refractivity contribution in [3.8, 4) is 0 Å². The molecule has 7 heteroatoms. The summed E-state index contributed by atoms with van der Waals surface area (Å²) in [7, 11) is 0. The first-order chi connectivity index (χ1) is 12.0. The van der Waals surface area contributed by atoms with Crippen molar-refractivity contribution in [1.29, 1.82) is 0 Å². The van der Waals surface area contributed by atoms with Gasteiger partial charge in [0.2, 0.25) is 0 Å². The molecular weight excluding hydrogens is 324 g/mol. The van der Waals surface area contributed by atoms with Crippen LogP contribution in [0, 0.1) is 0 Å². The van der Waals surface area contributed by atoms with Crippen molar-refractivity contribution in [2.24, 2.45) is 5.73 Å². The van der Waals surface area contributed by atoms with E-state index in [9.17, 15) is 15.3 Å². The number of piperidine rings is 1. The highest BCUT2D eigenvalue weighted by Crippen LogP contribution is 2.28. The SMILES string of the molecule is NC1CCN(CC(O)[C@@H](O)[C@@H]2OC(c3ccccc3)OC[C@H]2O)CC1. The van der Waals surface area contributed by atoms with Crippen LogP contribution in [0.1, 0.15) is 24.7 Å². The molecule has 0 amide bonds. The van der Waals surface area contributed by atoms with Crippen molar-refractivity contribution in [2.45, 2.75) is 49.6 Å². The molecule has 1 aromatic rings. The summed E-state index contributed by atoms with van der Waals surface area (Å²) in [5.41, 5.74) is 6.70. The Morgan fingerprint density at radius 2 is 1.84 bits per heavy atom. The molecule has 1 aromatic carbocycles. The standard InChI is InChI=1S/C18H28N2O5/c19-13-6-8-20(9-7-13)10-14(21)16(23)17-15(22)11-24-18(25-17)12-4-2-1-3-5-12/h1-5,13-18,21-23H,6-11,19H2/t14?,15-,16-,17-,18?/m1/s1. The van der Waals surface area contributed by atoms with Crippen LogP contribution in [0.15, 0.2) is 30.3 Å². The zero-order chi connectivity index (χ0) is 17.8. The van der Waals surface area contributed by atoms with Crippen LogP contribution in [0.5, 0.6) is 0 Å². The van der Waals surface area contributed by atoms with E-state index in [0.717, 1.165) is 31.5 Å². The molecule has 5 atom stereocenters. The largest absolute Gasteiger partial charge is 0.389 e. The predicted octanol–water partition coefficient (Wildman–Crippen LogP) is -0.394. The Balaban J connectivity index is 1.58. The molecule has 140 valence electrons. The highest BCUT2D eigenvalue weighted by molar-refractivity contribution is 5.16.